The first-order valence-corrected chi connectivity index (χ1v) is 9.74. The average Bonchev–Trinajstić information content (AvgIpc) is 2.59. The number of Topliss-reactive ketones (excluding diaryl/α,β-unsaturated/α-hetero) is 1. The summed E-state index contributed by atoms with van der Waals surface area (Å²) in [4.78, 5) is 20.0. The Balaban J connectivity index is 1.95. The van der Waals surface area contributed by atoms with Crippen molar-refractivity contribution in [2.24, 2.45) is 0 Å². The molecule has 2 aromatic rings. The normalized spacial score (nSPS) is 11.2. The molecule has 0 aliphatic heterocycles. The maximum atomic E-state index is 12.3. The van der Waals surface area contributed by atoms with E-state index >= 15 is 0 Å². The largest absolute Gasteiger partial charge is 0.370 e. The van der Waals surface area contributed by atoms with E-state index in [0.717, 1.165) is 6.54 Å². The van der Waals surface area contributed by atoms with Gasteiger partial charge in [-0.1, -0.05) is 12.1 Å². The van der Waals surface area contributed by atoms with Crippen LogP contribution in [0.15, 0.2) is 35.2 Å². The lowest BCUT2D eigenvalue weighted by Gasteiger charge is -2.10. The number of nitrogens with zero attached hydrogens (tertiary/aromatic N) is 2. The van der Waals surface area contributed by atoms with Crippen LogP contribution >= 0.6 is 0 Å². The number of ketones is 1. The van der Waals surface area contributed by atoms with Crippen molar-refractivity contribution < 1.29 is 13.2 Å². The zero-order valence-electron chi connectivity index (χ0n) is 15.0. The van der Waals surface area contributed by atoms with Crippen molar-refractivity contribution in [3.63, 3.8) is 0 Å². The third kappa shape index (κ3) is 5.50. The third-order valence-electron chi connectivity index (χ3n) is 3.47. The lowest BCUT2D eigenvalue weighted by atomic mass is 10.2. The first kappa shape index (κ1) is 19.8. The number of aromatic nitrogens is 2. The first-order chi connectivity index (χ1) is 12.3. The quantitative estimate of drug-likeness (QED) is 0.451. The molecule has 0 radical (unpaired) electrons. The third-order valence-corrected chi connectivity index (χ3v) is 4.93. The van der Waals surface area contributed by atoms with Crippen molar-refractivity contribution in [3.8, 4) is 0 Å². The monoisotopic (exact) mass is 377 g/mol. The summed E-state index contributed by atoms with van der Waals surface area (Å²) in [6.45, 7) is 6.43. The molecular formula is C17H23N5O3S. The Bertz CT molecular complexity index is 884. The van der Waals surface area contributed by atoms with Gasteiger partial charge in [-0.15, -0.1) is 0 Å². The van der Waals surface area contributed by atoms with Crippen LogP contribution in [0.2, 0.25) is 0 Å². The number of sulfonamides is 1. The van der Waals surface area contributed by atoms with Gasteiger partial charge in [0.05, 0.1) is 4.90 Å². The van der Waals surface area contributed by atoms with Gasteiger partial charge in [-0.25, -0.2) is 23.1 Å². The Hall–Kier alpha value is -2.52. The van der Waals surface area contributed by atoms with Crippen molar-refractivity contribution >= 4 is 27.4 Å². The number of hydrogen-bond donors (Lipinski definition) is 3. The summed E-state index contributed by atoms with van der Waals surface area (Å²) in [5.41, 5.74) is 0.360. The standard InChI is InChI=1S/C17H23N5O3S/c1-4-18-16-11-17(22-13(3)21-16)19-8-9-20-26(24,25)15-7-5-6-14(10-15)12(2)23/h5-7,10-11,20H,4,8-9H2,1-3H3,(H2,18,19,21,22). The van der Waals surface area contributed by atoms with Crippen LogP contribution < -0.4 is 15.4 Å². The van der Waals surface area contributed by atoms with Crippen molar-refractivity contribution in [1.82, 2.24) is 14.7 Å². The van der Waals surface area contributed by atoms with E-state index in [1.807, 2.05) is 6.92 Å². The Labute approximate surface area is 153 Å². The smallest absolute Gasteiger partial charge is 0.240 e. The molecule has 140 valence electrons. The maximum absolute atomic E-state index is 12.3. The molecule has 0 unspecified atom stereocenters. The number of nitrogens with one attached hydrogen (secondary N) is 3. The molecular weight excluding hydrogens is 354 g/mol. The number of anilines is 2. The second kappa shape index (κ2) is 8.72. The summed E-state index contributed by atoms with van der Waals surface area (Å²) >= 11 is 0. The fraction of sp³-hybridized carbons (Fsp3) is 0.353. The van der Waals surface area contributed by atoms with Crippen molar-refractivity contribution in [2.75, 3.05) is 30.3 Å². The number of aryl methyl sites for hydroxylation is 1. The number of carbonyl (C=O) groups excluding carboxylic acids is 1. The molecule has 0 saturated carbocycles. The molecule has 0 spiro atoms. The van der Waals surface area contributed by atoms with E-state index in [9.17, 15) is 13.2 Å². The molecule has 3 N–H and O–H groups in total. The van der Waals surface area contributed by atoms with E-state index in [1.54, 1.807) is 25.1 Å². The Morgan fingerprint density at radius 3 is 2.42 bits per heavy atom. The van der Waals surface area contributed by atoms with Gasteiger partial charge >= 0.3 is 0 Å². The summed E-state index contributed by atoms with van der Waals surface area (Å²) in [7, 11) is -3.68. The minimum Gasteiger partial charge on any atom is -0.370 e. The van der Waals surface area contributed by atoms with Gasteiger partial charge < -0.3 is 10.6 Å². The maximum Gasteiger partial charge on any atom is 0.240 e. The Morgan fingerprint density at radius 1 is 1.08 bits per heavy atom. The van der Waals surface area contributed by atoms with Crippen LogP contribution in [0.25, 0.3) is 0 Å². The molecule has 1 aromatic heterocycles. The summed E-state index contributed by atoms with van der Waals surface area (Å²) in [6.07, 6.45) is 0. The van der Waals surface area contributed by atoms with Crippen molar-refractivity contribution in [1.29, 1.82) is 0 Å². The number of rotatable bonds is 9. The van der Waals surface area contributed by atoms with Crippen LogP contribution in [0, 0.1) is 6.92 Å². The highest BCUT2D eigenvalue weighted by atomic mass is 32.2. The fourth-order valence-corrected chi connectivity index (χ4v) is 3.35. The zero-order valence-corrected chi connectivity index (χ0v) is 15.9. The van der Waals surface area contributed by atoms with E-state index in [2.05, 4.69) is 25.3 Å². The van der Waals surface area contributed by atoms with Gasteiger partial charge in [-0.2, -0.15) is 0 Å². The molecule has 0 atom stereocenters. The summed E-state index contributed by atoms with van der Waals surface area (Å²) < 4.78 is 27.2. The molecule has 0 aliphatic rings. The Kier molecular flexibility index (Phi) is 6.64. The van der Waals surface area contributed by atoms with E-state index in [-0.39, 0.29) is 17.2 Å². The van der Waals surface area contributed by atoms with E-state index in [0.29, 0.717) is 29.6 Å². The van der Waals surface area contributed by atoms with Crippen LogP contribution in [-0.4, -0.2) is 43.8 Å². The van der Waals surface area contributed by atoms with E-state index in [4.69, 9.17) is 0 Å². The van der Waals surface area contributed by atoms with Crippen LogP contribution in [-0.2, 0) is 10.0 Å². The Morgan fingerprint density at radius 2 is 1.77 bits per heavy atom. The molecule has 0 aliphatic carbocycles. The molecule has 26 heavy (non-hydrogen) atoms. The lowest BCUT2D eigenvalue weighted by Crippen LogP contribution is -2.29. The van der Waals surface area contributed by atoms with Gasteiger partial charge in [0.2, 0.25) is 10.0 Å². The molecule has 0 saturated heterocycles. The predicted molar refractivity (Wildman–Crippen MR) is 101 cm³/mol. The van der Waals surface area contributed by atoms with Gasteiger partial charge in [0.15, 0.2) is 5.78 Å². The molecule has 8 nitrogen and oxygen atoms in total. The van der Waals surface area contributed by atoms with Crippen LogP contribution in [0.4, 0.5) is 11.6 Å². The van der Waals surface area contributed by atoms with Gasteiger partial charge in [0.1, 0.15) is 17.5 Å². The highest BCUT2D eigenvalue weighted by Gasteiger charge is 2.14. The topological polar surface area (TPSA) is 113 Å². The molecule has 0 bridgehead atoms. The van der Waals surface area contributed by atoms with Crippen LogP contribution in [0.1, 0.15) is 30.0 Å². The SMILES string of the molecule is CCNc1cc(NCCNS(=O)(=O)c2cccc(C(C)=O)c2)nc(C)n1. The van der Waals surface area contributed by atoms with Crippen molar-refractivity contribution in [2.45, 2.75) is 25.7 Å². The molecule has 1 heterocycles. The number of benzene rings is 1. The average molecular weight is 377 g/mol. The number of carbonyl (C=O) groups is 1. The second-order valence-electron chi connectivity index (χ2n) is 5.62. The van der Waals surface area contributed by atoms with Gasteiger partial charge in [0, 0.05) is 31.3 Å². The van der Waals surface area contributed by atoms with Gasteiger partial charge in [-0.05, 0) is 32.9 Å². The fourth-order valence-electron chi connectivity index (χ4n) is 2.27. The summed E-state index contributed by atoms with van der Waals surface area (Å²) in [5.74, 6) is 1.77. The molecule has 0 amide bonds. The highest BCUT2D eigenvalue weighted by Crippen LogP contribution is 2.12. The molecule has 2 rings (SSSR count). The van der Waals surface area contributed by atoms with Gasteiger partial charge in [-0.3, -0.25) is 4.79 Å². The molecule has 9 heteroatoms. The predicted octanol–water partition coefficient (Wildman–Crippen LogP) is 1.81. The second-order valence-corrected chi connectivity index (χ2v) is 7.39. The zero-order chi connectivity index (χ0) is 19.2. The van der Waals surface area contributed by atoms with Crippen LogP contribution in [0.5, 0.6) is 0 Å². The highest BCUT2D eigenvalue weighted by molar-refractivity contribution is 7.89. The summed E-state index contributed by atoms with van der Waals surface area (Å²) in [5, 5.41) is 6.17. The molecule has 1 aromatic carbocycles. The van der Waals surface area contributed by atoms with E-state index in [1.165, 1.54) is 19.1 Å². The van der Waals surface area contributed by atoms with Gasteiger partial charge in [0.25, 0.3) is 0 Å². The van der Waals surface area contributed by atoms with Crippen LogP contribution in [0.3, 0.4) is 0 Å². The summed E-state index contributed by atoms with van der Waals surface area (Å²) in [6, 6.07) is 7.73. The minimum atomic E-state index is -3.68. The minimum absolute atomic E-state index is 0.0671. The van der Waals surface area contributed by atoms with E-state index < -0.39 is 10.0 Å². The first-order valence-electron chi connectivity index (χ1n) is 8.26. The lowest BCUT2D eigenvalue weighted by molar-refractivity contribution is 0.101. The van der Waals surface area contributed by atoms with Crippen molar-refractivity contribution in [3.05, 3.63) is 41.7 Å². The molecule has 0 fully saturated rings. The number of hydrogen-bond acceptors (Lipinski definition) is 7.